The highest BCUT2D eigenvalue weighted by Crippen LogP contribution is 2.40. The molecule has 0 radical (unpaired) electrons. The predicted octanol–water partition coefficient (Wildman–Crippen LogP) is 2.95. The number of rotatable bonds is 5. The lowest BCUT2D eigenvalue weighted by atomic mass is 10.3. The van der Waals surface area contributed by atoms with Crippen LogP contribution < -0.4 is 4.72 Å². The van der Waals surface area contributed by atoms with Crippen molar-refractivity contribution in [2.45, 2.75) is 23.7 Å². The molecule has 0 atom stereocenters. The first-order chi connectivity index (χ1) is 13.1. The van der Waals surface area contributed by atoms with Crippen molar-refractivity contribution in [1.82, 2.24) is 24.7 Å². The van der Waals surface area contributed by atoms with Crippen LogP contribution >= 0.6 is 11.3 Å². The van der Waals surface area contributed by atoms with E-state index in [9.17, 15) is 8.42 Å². The second-order valence-electron chi connectivity index (χ2n) is 6.28. The van der Waals surface area contributed by atoms with Crippen LogP contribution in [0.5, 0.6) is 0 Å². The van der Waals surface area contributed by atoms with E-state index in [0.717, 1.165) is 28.8 Å². The van der Waals surface area contributed by atoms with Crippen LogP contribution in [0.25, 0.3) is 16.2 Å². The predicted molar refractivity (Wildman–Crippen MR) is 102 cm³/mol. The second-order valence-corrected chi connectivity index (χ2v) is 8.86. The van der Waals surface area contributed by atoms with Gasteiger partial charge in [0.25, 0.3) is 16.0 Å². The highest BCUT2D eigenvalue weighted by Gasteiger charge is 2.29. The summed E-state index contributed by atoms with van der Waals surface area (Å²) in [7, 11) is -3.83. The molecule has 0 unspecified atom stereocenters. The lowest BCUT2D eigenvalue weighted by Gasteiger charge is -2.09. The van der Waals surface area contributed by atoms with E-state index in [1.54, 1.807) is 30.6 Å². The molecule has 4 heterocycles. The molecule has 0 aromatic carbocycles. The molecule has 1 N–H and O–H groups in total. The molecule has 4 aromatic rings. The zero-order valence-electron chi connectivity index (χ0n) is 14.0. The van der Waals surface area contributed by atoms with Crippen LogP contribution in [-0.4, -0.2) is 33.2 Å². The molecular weight excluding hydrogens is 384 g/mol. The standard InChI is InChI=1S/C17H14N6O2S2/c24-27(25,13-8-12-4-7-26-16(12)20-10-13)22-15-9-14(11-2-3-11)21-23(15)17-18-5-1-6-19-17/h1,4-11,22H,2-3H2. The SMILES string of the molecule is O=S(=O)(Nc1cc(C2CC2)nn1-c1ncccn1)c1cnc2sccc2c1. The Hall–Kier alpha value is -2.85. The monoisotopic (exact) mass is 398 g/mol. The fourth-order valence-corrected chi connectivity index (χ4v) is 4.52. The van der Waals surface area contributed by atoms with Gasteiger partial charge in [-0.2, -0.15) is 9.78 Å². The number of nitrogens with one attached hydrogen (secondary N) is 1. The third-order valence-corrected chi connectivity index (χ3v) is 6.45. The molecule has 136 valence electrons. The Bertz CT molecular complexity index is 1230. The van der Waals surface area contributed by atoms with Crippen molar-refractivity contribution in [2.75, 3.05) is 4.72 Å². The molecular formula is C17H14N6O2S2. The highest BCUT2D eigenvalue weighted by atomic mass is 32.2. The van der Waals surface area contributed by atoms with Gasteiger partial charge in [0.05, 0.1) is 5.69 Å². The number of pyridine rings is 1. The molecule has 0 saturated heterocycles. The smallest absolute Gasteiger partial charge is 0.263 e. The summed E-state index contributed by atoms with van der Waals surface area (Å²) in [5.41, 5.74) is 0.839. The Balaban J connectivity index is 1.55. The van der Waals surface area contributed by atoms with Crippen LogP contribution in [0.3, 0.4) is 0 Å². The van der Waals surface area contributed by atoms with E-state index < -0.39 is 10.0 Å². The van der Waals surface area contributed by atoms with E-state index >= 15 is 0 Å². The van der Waals surface area contributed by atoms with Crippen molar-refractivity contribution in [1.29, 1.82) is 0 Å². The average molecular weight is 398 g/mol. The number of thiophene rings is 1. The van der Waals surface area contributed by atoms with Gasteiger partial charge in [0, 0.05) is 36.0 Å². The molecule has 8 nitrogen and oxygen atoms in total. The topological polar surface area (TPSA) is 103 Å². The molecule has 5 rings (SSSR count). The number of nitrogens with zero attached hydrogens (tertiary/aromatic N) is 5. The Morgan fingerprint density at radius 3 is 2.74 bits per heavy atom. The van der Waals surface area contributed by atoms with Crippen LogP contribution in [0.4, 0.5) is 5.82 Å². The Morgan fingerprint density at radius 2 is 1.96 bits per heavy atom. The molecule has 0 spiro atoms. The number of aromatic nitrogens is 5. The Labute approximate surface area is 159 Å². The summed E-state index contributed by atoms with van der Waals surface area (Å²) in [5.74, 6) is 0.990. The number of hydrogen-bond acceptors (Lipinski definition) is 7. The Kier molecular flexibility index (Phi) is 3.69. The summed E-state index contributed by atoms with van der Waals surface area (Å²) in [4.78, 5) is 13.5. The van der Waals surface area contributed by atoms with Gasteiger partial charge in [-0.25, -0.2) is 23.4 Å². The Morgan fingerprint density at radius 1 is 1.15 bits per heavy atom. The molecule has 1 fully saturated rings. The van der Waals surface area contributed by atoms with Gasteiger partial charge in [-0.05, 0) is 36.4 Å². The highest BCUT2D eigenvalue weighted by molar-refractivity contribution is 7.92. The number of anilines is 1. The molecule has 27 heavy (non-hydrogen) atoms. The molecule has 1 aliphatic rings. The third-order valence-electron chi connectivity index (χ3n) is 4.30. The van der Waals surface area contributed by atoms with E-state index in [-0.39, 0.29) is 4.90 Å². The van der Waals surface area contributed by atoms with Crippen molar-refractivity contribution in [3.05, 3.63) is 53.9 Å². The first-order valence-electron chi connectivity index (χ1n) is 8.33. The summed E-state index contributed by atoms with van der Waals surface area (Å²) >= 11 is 1.47. The fraction of sp³-hybridized carbons (Fsp3) is 0.176. The van der Waals surface area contributed by atoms with E-state index in [0.29, 0.717) is 17.7 Å². The van der Waals surface area contributed by atoms with Crippen LogP contribution in [0.1, 0.15) is 24.5 Å². The lowest BCUT2D eigenvalue weighted by Crippen LogP contribution is -2.17. The normalized spacial score (nSPS) is 14.5. The summed E-state index contributed by atoms with van der Waals surface area (Å²) < 4.78 is 29.9. The summed E-state index contributed by atoms with van der Waals surface area (Å²) in [5, 5.41) is 7.19. The molecule has 4 aromatic heterocycles. The zero-order valence-corrected chi connectivity index (χ0v) is 15.6. The van der Waals surface area contributed by atoms with E-state index in [1.807, 2.05) is 11.4 Å². The van der Waals surface area contributed by atoms with Crippen molar-refractivity contribution >= 4 is 37.4 Å². The van der Waals surface area contributed by atoms with Gasteiger partial charge < -0.3 is 0 Å². The van der Waals surface area contributed by atoms with Gasteiger partial charge in [-0.3, -0.25) is 4.72 Å². The van der Waals surface area contributed by atoms with Crippen LogP contribution in [-0.2, 0) is 10.0 Å². The maximum atomic E-state index is 12.9. The van der Waals surface area contributed by atoms with Crippen molar-refractivity contribution in [3.63, 3.8) is 0 Å². The van der Waals surface area contributed by atoms with Gasteiger partial charge >= 0.3 is 0 Å². The second kappa shape index (κ2) is 6.10. The van der Waals surface area contributed by atoms with Crippen molar-refractivity contribution in [2.24, 2.45) is 0 Å². The number of hydrogen-bond donors (Lipinski definition) is 1. The zero-order chi connectivity index (χ0) is 18.4. The van der Waals surface area contributed by atoms with Gasteiger partial charge in [-0.1, -0.05) is 0 Å². The minimum absolute atomic E-state index is 0.100. The average Bonchev–Trinajstić information content (AvgIpc) is 3.27. The van der Waals surface area contributed by atoms with Crippen molar-refractivity contribution in [3.8, 4) is 5.95 Å². The molecule has 10 heteroatoms. The summed E-state index contributed by atoms with van der Waals surface area (Å²) in [6.07, 6.45) is 6.65. The van der Waals surface area contributed by atoms with E-state index in [2.05, 4.69) is 24.8 Å². The molecule has 0 aliphatic heterocycles. The van der Waals surface area contributed by atoms with Crippen LogP contribution in [0.2, 0.25) is 0 Å². The third kappa shape index (κ3) is 3.06. The molecule has 1 aliphatic carbocycles. The minimum Gasteiger partial charge on any atom is -0.263 e. The molecule has 0 bridgehead atoms. The largest absolute Gasteiger partial charge is 0.264 e. The van der Waals surface area contributed by atoms with Gasteiger partial charge in [0.2, 0.25) is 0 Å². The van der Waals surface area contributed by atoms with Crippen LogP contribution in [0.15, 0.2) is 53.1 Å². The maximum absolute atomic E-state index is 12.9. The van der Waals surface area contributed by atoms with E-state index in [1.165, 1.54) is 22.2 Å². The summed E-state index contributed by atoms with van der Waals surface area (Å²) in [6.45, 7) is 0. The summed E-state index contributed by atoms with van der Waals surface area (Å²) in [6, 6.07) is 6.91. The van der Waals surface area contributed by atoms with E-state index in [4.69, 9.17) is 0 Å². The molecule has 1 saturated carbocycles. The number of fused-ring (bicyclic) bond motifs is 1. The lowest BCUT2D eigenvalue weighted by molar-refractivity contribution is 0.600. The van der Waals surface area contributed by atoms with Gasteiger partial charge in [0.15, 0.2) is 0 Å². The van der Waals surface area contributed by atoms with Crippen LogP contribution in [0, 0.1) is 0 Å². The van der Waals surface area contributed by atoms with Crippen molar-refractivity contribution < 1.29 is 8.42 Å². The minimum atomic E-state index is -3.83. The maximum Gasteiger partial charge on any atom is 0.264 e. The first kappa shape index (κ1) is 16.3. The first-order valence-corrected chi connectivity index (χ1v) is 10.7. The van der Waals surface area contributed by atoms with Gasteiger partial charge in [0.1, 0.15) is 15.5 Å². The quantitative estimate of drug-likeness (QED) is 0.554. The number of sulfonamides is 1. The fourth-order valence-electron chi connectivity index (χ4n) is 2.79. The van der Waals surface area contributed by atoms with Gasteiger partial charge in [-0.15, -0.1) is 11.3 Å². The molecule has 0 amide bonds.